The van der Waals surface area contributed by atoms with Gasteiger partial charge in [0.25, 0.3) is 5.95 Å². The summed E-state index contributed by atoms with van der Waals surface area (Å²) in [4.78, 5) is 9.29. The normalized spacial score (nSPS) is 13.1. The summed E-state index contributed by atoms with van der Waals surface area (Å²) in [6, 6.07) is 39.2. The van der Waals surface area contributed by atoms with Crippen LogP contribution >= 0.6 is 0 Å². The quantitative estimate of drug-likeness (QED) is 0.252. The molecule has 0 spiro atoms. The molecule has 0 aliphatic heterocycles. The molecule has 4 nitrogen and oxygen atoms in total. The fraction of sp³-hybridized carbons (Fsp3) is 0.0303. The first-order valence-corrected chi connectivity index (χ1v) is 12.2. The van der Waals surface area contributed by atoms with E-state index in [0.717, 1.165) is 22.5 Å². The molecule has 0 fully saturated rings. The average molecular weight is 479 g/mol. The van der Waals surface area contributed by atoms with E-state index in [2.05, 4.69) is 77.8 Å². The van der Waals surface area contributed by atoms with Gasteiger partial charge in [-0.3, -0.25) is 9.97 Å². The Morgan fingerprint density at radius 2 is 1.32 bits per heavy atom. The van der Waals surface area contributed by atoms with Gasteiger partial charge in [0.15, 0.2) is 0 Å². The molecule has 0 atom stereocenters. The minimum atomic E-state index is -0.573. The molecule has 6 aromatic rings. The highest BCUT2D eigenvalue weighted by molar-refractivity contribution is 5.85. The first-order valence-electron chi connectivity index (χ1n) is 12.2. The summed E-state index contributed by atoms with van der Waals surface area (Å²) in [6.45, 7) is 0. The molecule has 0 saturated carbocycles. The maximum Gasteiger partial charge on any atom is 0.290 e. The summed E-state index contributed by atoms with van der Waals surface area (Å²) in [7, 11) is 0. The molecule has 3 heterocycles. The van der Waals surface area contributed by atoms with Crippen LogP contribution < -0.4 is 4.74 Å². The summed E-state index contributed by atoms with van der Waals surface area (Å²) >= 11 is 0. The smallest absolute Gasteiger partial charge is 0.290 e. The third kappa shape index (κ3) is 3.38. The summed E-state index contributed by atoms with van der Waals surface area (Å²) in [6.07, 6.45) is 5.30. The van der Waals surface area contributed by atoms with Gasteiger partial charge in [0.2, 0.25) is 0 Å². The zero-order valence-corrected chi connectivity index (χ0v) is 19.9. The number of aromatic nitrogens is 2. The van der Waals surface area contributed by atoms with Crippen molar-refractivity contribution in [3.63, 3.8) is 0 Å². The summed E-state index contributed by atoms with van der Waals surface area (Å²) < 4.78 is 12.0. The molecule has 0 unspecified atom stereocenters. The van der Waals surface area contributed by atoms with Crippen LogP contribution in [0, 0.1) is 0 Å². The zero-order chi connectivity index (χ0) is 24.7. The highest BCUT2D eigenvalue weighted by Gasteiger charge is 2.47. The van der Waals surface area contributed by atoms with E-state index in [1.165, 1.54) is 22.3 Å². The Bertz CT molecular complexity index is 1660. The molecule has 176 valence electrons. The molecule has 1 aliphatic carbocycles. The maximum atomic E-state index is 6.22. The second kappa shape index (κ2) is 8.61. The third-order valence-electron chi connectivity index (χ3n) is 7.02. The summed E-state index contributed by atoms with van der Waals surface area (Å²) in [5.74, 6) is 1.11. The third-order valence-corrected chi connectivity index (χ3v) is 7.02. The van der Waals surface area contributed by atoms with Gasteiger partial charge in [-0.1, -0.05) is 72.8 Å². The van der Waals surface area contributed by atoms with Crippen LogP contribution in [-0.2, 0) is 5.41 Å². The lowest BCUT2D eigenvalue weighted by Gasteiger charge is -2.32. The lowest BCUT2D eigenvalue weighted by atomic mass is 9.70. The molecule has 0 bridgehead atoms. The maximum absolute atomic E-state index is 6.22. The number of benzene rings is 3. The van der Waals surface area contributed by atoms with Crippen molar-refractivity contribution in [3.8, 4) is 34.1 Å². The topological polar surface area (TPSA) is 48.2 Å². The molecule has 0 radical (unpaired) electrons. The van der Waals surface area contributed by atoms with Crippen molar-refractivity contribution in [2.45, 2.75) is 5.41 Å². The zero-order valence-electron chi connectivity index (χ0n) is 19.9. The van der Waals surface area contributed by atoms with Gasteiger partial charge in [0, 0.05) is 24.0 Å². The van der Waals surface area contributed by atoms with Crippen molar-refractivity contribution in [2.24, 2.45) is 0 Å². The molecule has 0 saturated heterocycles. The van der Waals surface area contributed by atoms with Gasteiger partial charge >= 0.3 is 0 Å². The Labute approximate surface area is 214 Å². The van der Waals surface area contributed by atoms with Crippen molar-refractivity contribution >= 4 is 0 Å². The second-order valence-corrected chi connectivity index (χ2v) is 9.06. The first kappa shape index (κ1) is 21.3. The van der Waals surface area contributed by atoms with E-state index in [4.69, 9.17) is 14.1 Å². The predicted octanol–water partition coefficient (Wildman–Crippen LogP) is 7.89. The Morgan fingerprint density at radius 1 is 0.622 bits per heavy atom. The van der Waals surface area contributed by atoms with Crippen molar-refractivity contribution in [2.75, 3.05) is 0 Å². The van der Waals surface area contributed by atoms with E-state index >= 15 is 0 Å². The second-order valence-electron chi connectivity index (χ2n) is 9.06. The van der Waals surface area contributed by atoms with Gasteiger partial charge < -0.3 is 9.15 Å². The van der Waals surface area contributed by atoms with Gasteiger partial charge in [0.05, 0.1) is 16.8 Å². The van der Waals surface area contributed by atoms with E-state index < -0.39 is 5.41 Å². The Morgan fingerprint density at radius 3 is 2.03 bits per heavy atom. The van der Waals surface area contributed by atoms with Crippen LogP contribution in [0.4, 0.5) is 0 Å². The van der Waals surface area contributed by atoms with Crippen LogP contribution in [0.1, 0.15) is 22.4 Å². The fourth-order valence-corrected chi connectivity index (χ4v) is 5.50. The number of rotatable bonds is 5. The van der Waals surface area contributed by atoms with Crippen molar-refractivity contribution in [3.05, 3.63) is 156 Å². The molecular formula is C33H22N2O2. The molecule has 4 heteroatoms. The number of fused-ring (bicyclic) bond motifs is 3. The van der Waals surface area contributed by atoms with Crippen LogP contribution in [0.15, 0.2) is 138 Å². The van der Waals surface area contributed by atoms with E-state index in [1.54, 1.807) is 12.5 Å². The van der Waals surface area contributed by atoms with Crippen LogP contribution in [0.3, 0.4) is 0 Å². The highest BCUT2D eigenvalue weighted by atomic mass is 16.6. The Balaban J connectivity index is 1.37. The lowest BCUT2D eigenvalue weighted by molar-refractivity contribution is 0.346. The predicted molar refractivity (Wildman–Crippen MR) is 144 cm³/mol. The lowest BCUT2D eigenvalue weighted by Crippen LogP contribution is -2.29. The molecule has 3 aromatic carbocycles. The fourth-order valence-electron chi connectivity index (χ4n) is 5.50. The molecular weight excluding hydrogens is 456 g/mol. The largest absolute Gasteiger partial charge is 0.433 e. The summed E-state index contributed by atoms with van der Waals surface area (Å²) in [5.41, 5.74) is 8.05. The van der Waals surface area contributed by atoms with Crippen molar-refractivity contribution in [1.82, 2.24) is 9.97 Å². The van der Waals surface area contributed by atoms with Crippen LogP contribution in [0.5, 0.6) is 11.7 Å². The van der Waals surface area contributed by atoms with E-state index in [9.17, 15) is 0 Å². The number of furan rings is 1. The molecule has 1 aliphatic rings. The van der Waals surface area contributed by atoms with E-state index in [1.807, 2.05) is 48.7 Å². The number of pyridine rings is 2. The number of nitrogens with zero attached hydrogens (tertiary/aromatic N) is 2. The van der Waals surface area contributed by atoms with Crippen molar-refractivity contribution in [1.29, 1.82) is 0 Å². The Kier molecular flexibility index (Phi) is 4.96. The first-order chi connectivity index (χ1) is 18.3. The van der Waals surface area contributed by atoms with E-state index in [-0.39, 0.29) is 0 Å². The molecule has 37 heavy (non-hydrogen) atoms. The Hall–Kier alpha value is -4.96. The monoisotopic (exact) mass is 478 g/mol. The van der Waals surface area contributed by atoms with Crippen LogP contribution in [0.2, 0.25) is 0 Å². The molecule has 0 N–H and O–H groups in total. The van der Waals surface area contributed by atoms with Gasteiger partial charge in [-0.25, -0.2) is 0 Å². The highest BCUT2D eigenvalue weighted by Crippen LogP contribution is 2.55. The van der Waals surface area contributed by atoms with Gasteiger partial charge in [-0.2, -0.15) is 0 Å². The standard InChI is InChI=1S/C33H22N2O2/c1-3-14-28-26(12-1)27-13-2-4-15-29(27)33(28,31-17-6-8-19-35-31)24-10-9-11-25(21-24)37-32-20-23(22-36-32)30-16-5-7-18-34-30/h1-22H. The molecule has 0 amide bonds. The van der Waals surface area contributed by atoms with Crippen LogP contribution in [0.25, 0.3) is 22.4 Å². The van der Waals surface area contributed by atoms with Gasteiger partial charge in [-0.05, 0) is 64.2 Å². The van der Waals surface area contributed by atoms with Crippen LogP contribution in [-0.4, -0.2) is 9.97 Å². The number of hydrogen-bond donors (Lipinski definition) is 0. The number of ether oxygens (including phenoxy) is 1. The summed E-state index contributed by atoms with van der Waals surface area (Å²) in [5, 5.41) is 0. The molecule has 3 aromatic heterocycles. The van der Waals surface area contributed by atoms with E-state index in [0.29, 0.717) is 11.7 Å². The minimum Gasteiger partial charge on any atom is -0.433 e. The minimum absolute atomic E-state index is 0.414. The van der Waals surface area contributed by atoms with Gasteiger partial charge in [0.1, 0.15) is 12.0 Å². The molecule has 7 rings (SSSR count). The number of hydrogen-bond acceptors (Lipinski definition) is 4. The van der Waals surface area contributed by atoms with Crippen molar-refractivity contribution < 1.29 is 9.15 Å². The SMILES string of the molecule is c1ccc(-c2coc(Oc3cccc(C4(c5ccccn5)c5ccccc5-c5ccccc54)c3)c2)nc1. The average Bonchev–Trinajstić information content (AvgIpc) is 3.55. The van der Waals surface area contributed by atoms with Gasteiger partial charge in [-0.15, -0.1) is 0 Å².